The summed E-state index contributed by atoms with van der Waals surface area (Å²) in [4.78, 5) is 0. The van der Waals surface area contributed by atoms with Crippen LogP contribution >= 0.6 is 11.6 Å². The third kappa shape index (κ3) is 2.22. The second kappa shape index (κ2) is 4.51. The Bertz CT molecular complexity index is 455. The third-order valence-corrected chi connectivity index (χ3v) is 2.31. The standard InChI is InChI=1S/C10H12ClN3O/c1-12-2-3-15-10-5-7(11)4-9-8(10)6-13-14-9/h4-6,12H,2-3H2,1H3,(H,13,14). The lowest BCUT2D eigenvalue weighted by Crippen LogP contribution is -2.15. The average Bonchev–Trinajstić information content (AvgIpc) is 2.65. The average molecular weight is 226 g/mol. The van der Waals surface area contributed by atoms with Gasteiger partial charge in [0.05, 0.1) is 17.1 Å². The summed E-state index contributed by atoms with van der Waals surface area (Å²) in [7, 11) is 1.88. The number of halogens is 1. The van der Waals surface area contributed by atoms with Gasteiger partial charge in [-0.2, -0.15) is 5.10 Å². The Morgan fingerprint density at radius 3 is 3.20 bits per heavy atom. The minimum atomic E-state index is 0.608. The monoisotopic (exact) mass is 225 g/mol. The fraction of sp³-hybridized carbons (Fsp3) is 0.300. The van der Waals surface area contributed by atoms with Crippen LogP contribution in [-0.4, -0.2) is 30.4 Å². The molecule has 1 aromatic heterocycles. The molecule has 2 rings (SSSR count). The SMILES string of the molecule is CNCCOc1cc(Cl)cc2[nH]ncc12. The number of nitrogens with zero attached hydrogens (tertiary/aromatic N) is 1. The number of benzene rings is 1. The van der Waals surface area contributed by atoms with Gasteiger partial charge >= 0.3 is 0 Å². The smallest absolute Gasteiger partial charge is 0.131 e. The molecule has 0 fully saturated rings. The van der Waals surface area contributed by atoms with Gasteiger partial charge in [-0.1, -0.05) is 11.6 Å². The van der Waals surface area contributed by atoms with Crippen molar-refractivity contribution in [2.75, 3.05) is 20.2 Å². The lowest BCUT2D eigenvalue weighted by Gasteiger charge is -2.07. The molecular formula is C10H12ClN3O. The zero-order chi connectivity index (χ0) is 10.7. The fourth-order valence-electron chi connectivity index (χ4n) is 1.37. The molecule has 5 heteroatoms. The Labute approximate surface area is 92.6 Å². The van der Waals surface area contributed by atoms with Crippen molar-refractivity contribution in [3.05, 3.63) is 23.4 Å². The predicted molar refractivity (Wildman–Crippen MR) is 60.5 cm³/mol. The highest BCUT2D eigenvalue weighted by molar-refractivity contribution is 6.31. The Hall–Kier alpha value is -1.26. The molecule has 2 aromatic rings. The van der Waals surface area contributed by atoms with Crippen molar-refractivity contribution in [3.8, 4) is 5.75 Å². The molecule has 80 valence electrons. The molecule has 2 N–H and O–H groups in total. The van der Waals surface area contributed by atoms with Gasteiger partial charge in [0.2, 0.25) is 0 Å². The second-order valence-electron chi connectivity index (χ2n) is 3.19. The number of hydrogen-bond acceptors (Lipinski definition) is 3. The van der Waals surface area contributed by atoms with Crippen LogP contribution in [0.2, 0.25) is 5.02 Å². The topological polar surface area (TPSA) is 49.9 Å². The third-order valence-electron chi connectivity index (χ3n) is 2.10. The van der Waals surface area contributed by atoms with E-state index in [4.69, 9.17) is 16.3 Å². The van der Waals surface area contributed by atoms with Gasteiger partial charge in [0.15, 0.2) is 0 Å². The Morgan fingerprint density at radius 1 is 1.53 bits per heavy atom. The number of hydrogen-bond donors (Lipinski definition) is 2. The van der Waals surface area contributed by atoms with Crippen LogP contribution in [0.5, 0.6) is 5.75 Å². The summed E-state index contributed by atoms with van der Waals surface area (Å²) < 4.78 is 5.59. The number of H-pyrrole nitrogens is 1. The molecule has 1 heterocycles. The molecule has 0 atom stereocenters. The maximum absolute atomic E-state index is 5.95. The van der Waals surface area contributed by atoms with Crippen LogP contribution < -0.4 is 10.1 Å². The van der Waals surface area contributed by atoms with Gasteiger partial charge in [-0.25, -0.2) is 0 Å². The first-order valence-corrected chi connectivity index (χ1v) is 5.09. The van der Waals surface area contributed by atoms with E-state index in [1.165, 1.54) is 0 Å². The molecule has 0 amide bonds. The van der Waals surface area contributed by atoms with Crippen LogP contribution in [0.1, 0.15) is 0 Å². The van der Waals surface area contributed by atoms with Crippen molar-refractivity contribution in [2.45, 2.75) is 0 Å². The van der Waals surface area contributed by atoms with E-state index >= 15 is 0 Å². The molecule has 0 bridgehead atoms. The zero-order valence-corrected chi connectivity index (χ0v) is 9.14. The molecule has 1 aromatic carbocycles. The van der Waals surface area contributed by atoms with Crippen molar-refractivity contribution in [2.24, 2.45) is 0 Å². The predicted octanol–water partition coefficient (Wildman–Crippen LogP) is 1.81. The molecule has 15 heavy (non-hydrogen) atoms. The molecule has 0 radical (unpaired) electrons. The molecule has 0 aliphatic heterocycles. The van der Waals surface area contributed by atoms with Gasteiger partial charge in [0.1, 0.15) is 12.4 Å². The first-order chi connectivity index (χ1) is 7.31. The highest BCUT2D eigenvalue weighted by Crippen LogP contribution is 2.28. The van der Waals surface area contributed by atoms with Crippen LogP contribution in [0.15, 0.2) is 18.3 Å². The maximum Gasteiger partial charge on any atom is 0.131 e. The summed E-state index contributed by atoms with van der Waals surface area (Å²) in [6.07, 6.45) is 1.74. The summed E-state index contributed by atoms with van der Waals surface area (Å²) >= 11 is 5.95. The number of rotatable bonds is 4. The minimum absolute atomic E-state index is 0.608. The van der Waals surface area contributed by atoms with Gasteiger partial charge in [0.25, 0.3) is 0 Å². The summed E-state index contributed by atoms with van der Waals surface area (Å²) in [6.45, 7) is 1.41. The van der Waals surface area contributed by atoms with Gasteiger partial charge in [-0.15, -0.1) is 0 Å². The molecule has 0 saturated heterocycles. The fourth-order valence-corrected chi connectivity index (χ4v) is 1.58. The summed E-state index contributed by atoms with van der Waals surface area (Å²) in [6, 6.07) is 3.63. The van der Waals surface area contributed by atoms with Crippen LogP contribution in [0.25, 0.3) is 10.9 Å². The van der Waals surface area contributed by atoms with Gasteiger partial charge < -0.3 is 10.1 Å². The van der Waals surface area contributed by atoms with Crippen LogP contribution in [-0.2, 0) is 0 Å². The summed E-state index contributed by atoms with van der Waals surface area (Å²) in [5.41, 5.74) is 0.891. The number of aromatic nitrogens is 2. The van der Waals surface area contributed by atoms with E-state index in [9.17, 15) is 0 Å². The van der Waals surface area contributed by atoms with E-state index in [1.807, 2.05) is 13.1 Å². The Kier molecular flexibility index (Phi) is 3.08. The van der Waals surface area contributed by atoms with Gasteiger partial charge in [0, 0.05) is 11.6 Å². The zero-order valence-electron chi connectivity index (χ0n) is 8.38. The number of aromatic amines is 1. The summed E-state index contributed by atoms with van der Waals surface area (Å²) in [5.74, 6) is 0.765. The first kappa shape index (κ1) is 10.3. The molecule has 0 unspecified atom stereocenters. The van der Waals surface area contributed by atoms with Crippen molar-refractivity contribution < 1.29 is 4.74 Å². The highest BCUT2D eigenvalue weighted by atomic mass is 35.5. The maximum atomic E-state index is 5.95. The first-order valence-electron chi connectivity index (χ1n) is 4.71. The lowest BCUT2D eigenvalue weighted by atomic mass is 10.2. The summed E-state index contributed by atoms with van der Waals surface area (Å²) in [5, 5.41) is 11.4. The van der Waals surface area contributed by atoms with Crippen molar-refractivity contribution in [3.63, 3.8) is 0 Å². The molecule has 0 saturated carbocycles. The van der Waals surface area contributed by atoms with Crippen molar-refractivity contribution >= 4 is 22.5 Å². The van der Waals surface area contributed by atoms with Crippen molar-refractivity contribution in [1.29, 1.82) is 0 Å². The number of likely N-dealkylation sites (N-methyl/N-ethyl adjacent to an activating group) is 1. The number of nitrogens with one attached hydrogen (secondary N) is 2. The Morgan fingerprint density at radius 2 is 2.40 bits per heavy atom. The minimum Gasteiger partial charge on any atom is -0.491 e. The quantitative estimate of drug-likeness (QED) is 0.781. The van der Waals surface area contributed by atoms with E-state index in [1.54, 1.807) is 12.3 Å². The van der Waals surface area contributed by atoms with Crippen molar-refractivity contribution in [1.82, 2.24) is 15.5 Å². The van der Waals surface area contributed by atoms with Crippen LogP contribution in [0, 0.1) is 0 Å². The second-order valence-corrected chi connectivity index (χ2v) is 3.62. The Balaban J connectivity index is 2.27. The molecule has 0 spiro atoms. The van der Waals surface area contributed by atoms with Gasteiger partial charge in [-0.05, 0) is 19.2 Å². The van der Waals surface area contributed by atoms with E-state index in [0.29, 0.717) is 11.6 Å². The van der Waals surface area contributed by atoms with E-state index in [0.717, 1.165) is 23.2 Å². The number of ether oxygens (including phenoxy) is 1. The van der Waals surface area contributed by atoms with Gasteiger partial charge in [-0.3, -0.25) is 5.10 Å². The van der Waals surface area contributed by atoms with Crippen LogP contribution in [0.4, 0.5) is 0 Å². The molecule has 0 aliphatic rings. The molecular weight excluding hydrogens is 214 g/mol. The largest absolute Gasteiger partial charge is 0.491 e. The lowest BCUT2D eigenvalue weighted by molar-refractivity contribution is 0.322. The molecule has 0 aliphatic carbocycles. The van der Waals surface area contributed by atoms with E-state index in [2.05, 4.69) is 15.5 Å². The normalized spacial score (nSPS) is 10.8. The molecule has 4 nitrogen and oxygen atoms in total. The number of fused-ring (bicyclic) bond motifs is 1. The van der Waals surface area contributed by atoms with E-state index in [-0.39, 0.29) is 0 Å². The van der Waals surface area contributed by atoms with Crippen LogP contribution in [0.3, 0.4) is 0 Å². The highest BCUT2D eigenvalue weighted by Gasteiger charge is 2.05. The van der Waals surface area contributed by atoms with E-state index < -0.39 is 0 Å².